The Morgan fingerprint density at radius 2 is 2.19 bits per heavy atom. The third-order valence-electron chi connectivity index (χ3n) is 2.80. The van der Waals surface area contributed by atoms with E-state index in [0.29, 0.717) is 16.5 Å². The number of carbonyl (C=O) groups excluding carboxylic acids is 1. The summed E-state index contributed by atoms with van der Waals surface area (Å²) in [5.74, 6) is 1.34. The lowest BCUT2D eigenvalue weighted by molar-refractivity contribution is 0.102. The molecule has 1 aromatic carbocycles. The van der Waals surface area contributed by atoms with Gasteiger partial charge in [0.1, 0.15) is 11.5 Å². The van der Waals surface area contributed by atoms with Gasteiger partial charge in [0.15, 0.2) is 10.9 Å². The smallest absolute Gasteiger partial charge is 0.257 e. The van der Waals surface area contributed by atoms with E-state index >= 15 is 0 Å². The molecule has 0 atom stereocenters. The van der Waals surface area contributed by atoms with Gasteiger partial charge in [-0.25, -0.2) is 4.98 Å². The van der Waals surface area contributed by atoms with Crippen molar-refractivity contribution in [3.05, 3.63) is 57.6 Å². The summed E-state index contributed by atoms with van der Waals surface area (Å²) in [5.41, 5.74) is 1.30. The molecule has 106 valence electrons. The highest BCUT2D eigenvalue weighted by molar-refractivity contribution is 9.10. The number of nitrogens with zero attached hydrogens (tertiary/aromatic N) is 1. The van der Waals surface area contributed by atoms with Crippen molar-refractivity contribution >= 4 is 38.3 Å². The van der Waals surface area contributed by atoms with Crippen molar-refractivity contribution in [1.82, 2.24) is 4.98 Å². The molecule has 2 aromatic heterocycles. The van der Waals surface area contributed by atoms with Crippen LogP contribution in [0.4, 0.5) is 5.13 Å². The van der Waals surface area contributed by atoms with Gasteiger partial charge < -0.3 is 4.42 Å². The molecular weight excluding hydrogens is 352 g/mol. The molecule has 0 fully saturated rings. The zero-order valence-electron chi connectivity index (χ0n) is 11.1. The Morgan fingerprint density at radius 1 is 1.33 bits per heavy atom. The molecule has 0 aliphatic carbocycles. The first-order valence-electron chi connectivity index (χ1n) is 6.21. The van der Waals surface area contributed by atoms with E-state index in [0.717, 1.165) is 15.9 Å². The fourth-order valence-corrected chi connectivity index (χ4v) is 2.91. The molecule has 4 nitrogen and oxygen atoms in total. The predicted octanol–water partition coefficient (Wildman–Crippen LogP) is 4.73. The normalized spacial score (nSPS) is 10.6. The minimum atomic E-state index is -0.187. The van der Waals surface area contributed by atoms with Gasteiger partial charge in [-0.05, 0) is 37.3 Å². The lowest BCUT2D eigenvalue weighted by Gasteiger charge is -2.01. The third-order valence-corrected chi connectivity index (χ3v) is 4.06. The first-order valence-corrected chi connectivity index (χ1v) is 7.88. The van der Waals surface area contributed by atoms with Crippen LogP contribution in [0.3, 0.4) is 0 Å². The number of hydrogen-bond donors (Lipinski definition) is 1. The molecule has 0 unspecified atom stereocenters. The number of rotatable bonds is 3. The van der Waals surface area contributed by atoms with Crippen LogP contribution in [0.1, 0.15) is 16.1 Å². The Balaban J connectivity index is 1.77. The molecule has 6 heteroatoms. The van der Waals surface area contributed by atoms with Crippen molar-refractivity contribution < 1.29 is 9.21 Å². The average Bonchev–Trinajstić information content (AvgIpc) is 3.07. The van der Waals surface area contributed by atoms with Crippen molar-refractivity contribution in [2.75, 3.05) is 5.32 Å². The van der Waals surface area contributed by atoms with Crippen LogP contribution >= 0.6 is 27.3 Å². The van der Waals surface area contributed by atoms with E-state index in [9.17, 15) is 4.79 Å². The molecule has 1 amide bonds. The Morgan fingerprint density at radius 3 is 2.90 bits per heavy atom. The van der Waals surface area contributed by atoms with Gasteiger partial charge in [-0.15, -0.1) is 11.3 Å². The summed E-state index contributed by atoms with van der Waals surface area (Å²) in [7, 11) is 0. The first-order chi connectivity index (χ1) is 10.1. The maximum absolute atomic E-state index is 12.1. The Hall–Kier alpha value is -1.92. The van der Waals surface area contributed by atoms with Crippen LogP contribution in [0.2, 0.25) is 0 Å². The molecule has 0 saturated heterocycles. The number of benzene rings is 1. The monoisotopic (exact) mass is 362 g/mol. The fraction of sp³-hybridized carbons (Fsp3) is 0.0667. The Kier molecular flexibility index (Phi) is 3.90. The molecule has 0 radical (unpaired) electrons. The van der Waals surface area contributed by atoms with E-state index in [-0.39, 0.29) is 5.91 Å². The topological polar surface area (TPSA) is 55.1 Å². The molecule has 1 N–H and O–H groups in total. The quantitative estimate of drug-likeness (QED) is 0.732. The molecule has 0 aliphatic rings. The van der Waals surface area contributed by atoms with Crippen LogP contribution in [0.25, 0.3) is 11.5 Å². The molecule has 0 saturated carbocycles. The number of carbonyl (C=O) groups is 1. The number of aryl methyl sites for hydroxylation is 1. The van der Waals surface area contributed by atoms with Crippen molar-refractivity contribution in [2.24, 2.45) is 0 Å². The molecule has 3 rings (SSSR count). The predicted molar refractivity (Wildman–Crippen MR) is 86.6 cm³/mol. The molecule has 2 heterocycles. The summed E-state index contributed by atoms with van der Waals surface area (Å²) in [6.07, 6.45) is 0. The molecule has 0 bridgehead atoms. The number of nitrogens with one attached hydrogen (secondary N) is 1. The number of aromatic nitrogens is 1. The number of thiazole rings is 1. The summed E-state index contributed by atoms with van der Waals surface area (Å²) in [4.78, 5) is 16.5. The van der Waals surface area contributed by atoms with Crippen LogP contribution in [0, 0.1) is 6.92 Å². The van der Waals surface area contributed by atoms with Crippen molar-refractivity contribution in [1.29, 1.82) is 0 Å². The summed E-state index contributed by atoms with van der Waals surface area (Å²) < 4.78 is 6.38. The number of anilines is 1. The number of halogens is 1. The van der Waals surface area contributed by atoms with Crippen LogP contribution in [-0.2, 0) is 0 Å². The molecule has 0 aliphatic heterocycles. The SMILES string of the molecule is Cc1ccc(-c2csc(NC(=O)c3cccc(Br)c3)n2)o1. The van der Waals surface area contributed by atoms with Crippen LogP contribution < -0.4 is 5.32 Å². The third kappa shape index (κ3) is 3.22. The first kappa shape index (κ1) is 14.0. The van der Waals surface area contributed by atoms with E-state index in [1.807, 2.05) is 36.6 Å². The summed E-state index contributed by atoms with van der Waals surface area (Å²) in [6.45, 7) is 1.88. The molecule has 0 spiro atoms. The van der Waals surface area contributed by atoms with Gasteiger partial charge in [0.2, 0.25) is 0 Å². The summed E-state index contributed by atoms with van der Waals surface area (Å²) in [5, 5.41) is 5.19. The number of amides is 1. The van der Waals surface area contributed by atoms with Crippen LogP contribution in [-0.4, -0.2) is 10.9 Å². The van der Waals surface area contributed by atoms with Crippen molar-refractivity contribution in [3.8, 4) is 11.5 Å². The van der Waals surface area contributed by atoms with Crippen LogP contribution in [0.15, 0.2) is 50.7 Å². The standard InChI is InChI=1S/C15H11BrN2O2S/c1-9-5-6-13(20-9)12-8-21-15(17-12)18-14(19)10-3-2-4-11(16)7-10/h2-8H,1H3,(H,17,18,19). The van der Waals surface area contributed by atoms with Crippen molar-refractivity contribution in [3.63, 3.8) is 0 Å². The second-order valence-electron chi connectivity index (χ2n) is 4.41. The lowest BCUT2D eigenvalue weighted by atomic mass is 10.2. The maximum Gasteiger partial charge on any atom is 0.257 e. The van der Waals surface area contributed by atoms with E-state index < -0.39 is 0 Å². The van der Waals surface area contributed by atoms with Gasteiger partial charge in [0.05, 0.1) is 0 Å². The van der Waals surface area contributed by atoms with E-state index in [4.69, 9.17) is 4.42 Å². The zero-order valence-corrected chi connectivity index (χ0v) is 13.5. The highest BCUT2D eigenvalue weighted by atomic mass is 79.9. The summed E-state index contributed by atoms with van der Waals surface area (Å²) >= 11 is 4.71. The minimum Gasteiger partial charge on any atom is -0.460 e. The van der Waals surface area contributed by atoms with Crippen LogP contribution in [0.5, 0.6) is 0 Å². The fourth-order valence-electron chi connectivity index (χ4n) is 1.82. The highest BCUT2D eigenvalue weighted by Crippen LogP contribution is 2.26. The minimum absolute atomic E-state index is 0.187. The molecule has 21 heavy (non-hydrogen) atoms. The van der Waals surface area contributed by atoms with Gasteiger partial charge in [-0.3, -0.25) is 10.1 Å². The Labute approximate surface area is 134 Å². The zero-order chi connectivity index (χ0) is 14.8. The summed E-state index contributed by atoms with van der Waals surface area (Å²) in [6, 6.07) is 11.0. The van der Waals surface area contributed by atoms with Crippen molar-refractivity contribution in [2.45, 2.75) is 6.92 Å². The second-order valence-corrected chi connectivity index (χ2v) is 6.19. The lowest BCUT2D eigenvalue weighted by Crippen LogP contribution is -2.11. The van der Waals surface area contributed by atoms with Gasteiger partial charge in [0, 0.05) is 15.4 Å². The Bertz CT molecular complexity index is 794. The maximum atomic E-state index is 12.1. The van der Waals surface area contributed by atoms with E-state index in [1.165, 1.54) is 11.3 Å². The van der Waals surface area contributed by atoms with Gasteiger partial charge in [0.25, 0.3) is 5.91 Å². The van der Waals surface area contributed by atoms with Gasteiger partial charge in [-0.2, -0.15) is 0 Å². The van der Waals surface area contributed by atoms with Gasteiger partial charge in [-0.1, -0.05) is 22.0 Å². The highest BCUT2D eigenvalue weighted by Gasteiger charge is 2.11. The largest absolute Gasteiger partial charge is 0.460 e. The van der Waals surface area contributed by atoms with E-state index in [1.54, 1.807) is 12.1 Å². The second kappa shape index (κ2) is 5.83. The van der Waals surface area contributed by atoms with Gasteiger partial charge >= 0.3 is 0 Å². The van der Waals surface area contributed by atoms with E-state index in [2.05, 4.69) is 26.2 Å². The average molecular weight is 363 g/mol. The molecule has 3 aromatic rings. The number of hydrogen-bond acceptors (Lipinski definition) is 4. The number of furan rings is 1. The molecular formula is C15H11BrN2O2S.